The zero-order valence-electron chi connectivity index (χ0n) is 20.2. The number of thioether (sulfide) groups is 1. The summed E-state index contributed by atoms with van der Waals surface area (Å²) in [5, 5.41) is 3.04. The van der Waals surface area contributed by atoms with Gasteiger partial charge in [-0.1, -0.05) is 54.1 Å². The SMILES string of the molecule is COc1ccc2c(c1)[C@]1(SCCN1C(=O)NCc1cccc(C)c1)C(=O)N2Cc1ccccc1C. The molecule has 180 valence electrons. The molecule has 3 aromatic rings. The second kappa shape index (κ2) is 9.30. The zero-order chi connectivity index (χ0) is 24.6. The van der Waals surface area contributed by atoms with Crippen LogP contribution in [0.15, 0.2) is 66.7 Å². The molecule has 0 radical (unpaired) electrons. The molecule has 1 saturated heterocycles. The lowest BCUT2D eigenvalue weighted by molar-refractivity contribution is -0.123. The number of anilines is 1. The van der Waals surface area contributed by atoms with Crippen LogP contribution in [0.3, 0.4) is 0 Å². The fraction of sp³-hybridized carbons (Fsp3) is 0.286. The number of carbonyl (C=O) groups is 2. The van der Waals surface area contributed by atoms with Gasteiger partial charge >= 0.3 is 6.03 Å². The van der Waals surface area contributed by atoms with E-state index in [1.54, 1.807) is 12.0 Å². The summed E-state index contributed by atoms with van der Waals surface area (Å²) in [6, 6.07) is 21.6. The average molecular weight is 488 g/mol. The molecular formula is C28H29N3O3S. The molecule has 0 aromatic heterocycles. The van der Waals surface area contributed by atoms with E-state index in [-0.39, 0.29) is 11.9 Å². The molecule has 0 saturated carbocycles. The molecule has 1 spiro atoms. The Morgan fingerprint density at radius 1 is 1.09 bits per heavy atom. The molecular weight excluding hydrogens is 458 g/mol. The molecule has 5 rings (SSSR count). The summed E-state index contributed by atoms with van der Waals surface area (Å²) in [6.07, 6.45) is 0. The summed E-state index contributed by atoms with van der Waals surface area (Å²) in [4.78, 5) is 30.1. The first kappa shape index (κ1) is 23.3. The maximum Gasteiger partial charge on any atom is 0.319 e. The van der Waals surface area contributed by atoms with E-state index in [0.29, 0.717) is 31.1 Å². The Hall–Kier alpha value is -3.45. The fourth-order valence-electron chi connectivity index (χ4n) is 4.93. The van der Waals surface area contributed by atoms with Crippen molar-refractivity contribution in [3.63, 3.8) is 0 Å². The van der Waals surface area contributed by atoms with E-state index in [9.17, 15) is 9.59 Å². The molecule has 2 heterocycles. The standard InChI is InChI=1S/C28H29N3O3S/c1-19-7-6-9-21(15-19)17-29-27(33)31-13-14-35-28(31)24-16-23(34-3)11-12-25(24)30(26(28)32)18-22-10-5-4-8-20(22)2/h4-12,15-16H,13-14,17-18H2,1-3H3,(H,29,33)/t28-/m0/s1. The number of nitrogens with zero attached hydrogens (tertiary/aromatic N) is 2. The van der Waals surface area contributed by atoms with Gasteiger partial charge in [0.2, 0.25) is 0 Å². The predicted molar refractivity (Wildman–Crippen MR) is 140 cm³/mol. The van der Waals surface area contributed by atoms with Crippen LogP contribution in [0.2, 0.25) is 0 Å². The summed E-state index contributed by atoms with van der Waals surface area (Å²) in [5.74, 6) is 1.26. The minimum Gasteiger partial charge on any atom is -0.497 e. The van der Waals surface area contributed by atoms with Gasteiger partial charge in [-0.3, -0.25) is 9.69 Å². The number of ether oxygens (including phenoxy) is 1. The molecule has 1 fully saturated rings. The molecule has 3 aromatic carbocycles. The first-order valence-corrected chi connectivity index (χ1v) is 12.7. The molecule has 3 amide bonds. The number of benzene rings is 3. The van der Waals surface area contributed by atoms with E-state index in [1.807, 2.05) is 66.4 Å². The summed E-state index contributed by atoms with van der Waals surface area (Å²) in [7, 11) is 1.62. The van der Waals surface area contributed by atoms with E-state index in [0.717, 1.165) is 33.5 Å². The second-order valence-corrected chi connectivity index (χ2v) is 10.3. The minimum atomic E-state index is -1.11. The lowest BCUT2D eigenvalue weighted by atomic mass is 10.1. The summed E-state index contributed by atoms with van der Waals surface area (Å²) in [6.45, 7) is 5.43. The van der Waals surface area contributed by atoms with E-state index in [4.69, 9.17) is 4.74 Å². The van der Waals surface area contributed by atoms with Crippen LogP contribution in [0.4, 0.5) is 10.5 Å². The number of fused-ring (bicyclic) bond motifs is 2. The predicted octanol–water partition coefficient (Wildman–Crippen LogP) is 4.97. The highest BCUT2D eigenvalue weighted by molar-refractivity contribution is 8.01. The van der Waals surface area contributed by atoms with Crippen molar-refractivity contribution in [2.75, 3.05) is 24.3 Å². The van der Waals surface area contributed by atoms with E-state index >= 15 is 0 Å². The van der Waals surface area contributed by atoms with Crippen LogP contribution in [0, 0.1) is 13.8 Å². The van der Waals surface area contributed by atoms with Crippen molar-refractivity contribution >= 4 is 29.4 Å². The van der Waals surface area contributed by atoms with Crippen molar-refractivity contribution in [3.8, 4) is 5.75 Å². The fourth-order valence-corrected chi connectivity index (χ4v) is 6.38. The zero-order valence-corrected chi connectivity index (χ0v) is 21.0. The van der Waals surface area contributed by atoms with Crippen molar-refractivity contribution in [1.29, 1.82) is 0 Å². The number of aryl methyl sites for hydroxylation is 2. The molecule has 1 atom stereocenters. The quantitative estimate of drug-likeness (QED) is 0.552. The van der Waals surface area contributed by atoms with Gasteiger partial charge in [-0.2, -0.15) is 0 Å². The molecule has 0 bridgehead atoms. The normalized spacial score (nSPS) is 18.8. The third kappa shape index (κ3) is 4.04. The molecule has 1 N–H and O–H groups in total. The van der Waals surface area contributed by atoms with Crippen molar-refractivity contribution in [3.05, 3.63) is 94.5 Å². The third-order valence-electron chi connectivity index (χ3n) is 6.76. The van der Waals surface area contributed by atoms with E-state index < -0.39 is 4.87 Å². The number of carbonyl (C=O) groups excluding carboxylic acids is 2. The van der Waals surface area contributed by atoms with Crippen LogP contribution in [0.5, 0.6) is 5.75 Å². The maximum absolute atomic E-state index is 14.2. The largest absolute Gasteiger partial charge is 0.497 e. The highest BCUT2D eigenvalue weighted by Crippen LogP contribution is 2.55. The first-order chi connectivity index (χ1) is 16.9. The van der Waals surface area contributed by atoms with Gasteiger partial charge < -0.3 is 15.0 Å². The van der Waals surface area contributed by atoms with Crippen LogP contribution >= 0.6 is 11.8 Å². The van der Waals surface area contributed by atoms with Gasteiger partial charge in [0.05, 0.1) is 19.3 Å². The first-order valence-electron chi connectivity index (χ1n) is 11.7. The molecule has 2 aliphatic heterocycles. The topological polar surface area (TPSA) is 61.9 Å². The van der Waals surface area contributed by atoms with E-state index in [1.165, 1.54) is 11.8 Å². The Labute approximate surface area is 210 Å². The van der Waals surface area contributed by atoms with Crippen LogP contribution in [0.25, 0.3) is 0 Å². The number of hydrogen-bond donors (Lipinski definition) is 1. The number of nitrogens with one attached hydrogen (secondary N) is 1. The number of methoxy groups -OCH3 is 1. The highest BCUT2D eigenvalue weighted by Gasteiger charge is 2.59. The molecule has 2 aliphatic rings. The van der Waals surface area contributed by atoms with Gasteiger partial charge in [-0.05, 0) is 48.7 Å². The van der Waals surface area contributed by atoms with Crippen LogP contribution in [-0.4, -0.2) is 36.2 Å². The van der Waals surface area contributed by atoms with Gasteiger partial charge in [0, 0.05) is 24.4 Å². The van der Waals surface area contributed by atoms with Crippen LogP contribution in [0.1, 0.15) is 27.8 Å². The highest BCUT2D eigenvalue weighted by atomic mass is 32.2. The van der Waals surface area contributed by atoms with Gasteiger partial charge in [-0.25, -0.2) is 4.79 Å². The maximum atomic E-state index is 14.2. The summed E-state index contributed by atoms with van der Waals surface area (Å²) in [5.41, 5.74) is 6.01. The Balaban J connectivity index is 1.49. The monoisotopic (exact) mass is 487 g/mol. The number of hydrogen-bond acceptors (Lipinski definition) is 4. The van der Waals surface area contributed by atoms with Crippen molar-refractivity contribution in [2.24, 2.45) is 0 Å². The third-order valence-corrected chi connectivity index (χ3v) is 8.18. The second-order valence-electron chi connectivity index (χ2n) is 8.99. The lowest BCUT2D eigenvalue weighted by Crippen LogP contribution is -2.53. The minimum absolute atomic E-state index is 0.0859. The van der Waals surface area contributed by atoms with Crippen molar-refractivity contribution in [2.45, 2.75) is 31.8 Å². The summed E-state index contributed by atoms with van der Waals surface area (Å²) < 4.78 is 5.50. The molecule has 0 aliphatic carbocycles. The van der Waals surface area contributed by atoms with Crippen LogP contribution in [-0.2, 0) is 22.8 Å². The Morgan fingerprint density at radius 3 is 2.69 bits per heavy atom. The Bertz CT molecular complexity index is 1290. The molecule has 6 nitrogen and oxygen atoms in total. The number of urea groups is 1. The van der Waals surface area contributed by atoms with Crippen molar-refractivity contribution in [1.82, 2.24) is 10.2 Å². The Morgan fingerprint density at radius 2 is 1.91 bits per heavy atom. The van der Waals surface area contributed by atoms with Gasteiger partial charge in [0.1, 0.15) is 5.75 Å². The number of rotatable bonds is 5. The average Bonchev–Trinajstić information content (AvgIpc) is 3.40. The Kier molecular flexibility index (Phi) is 6.19. The number of amides is 3. The van der Waals surface area contributed by atoms with Crippen molar-refractivity contribution < 1.29 is 14.3 Å². The van der Waals surface area contributed by atoms with Gasteiger partial charge in [0.25, 0.3) is 5.91 Å². The summed E-state index contributed by atoms with van der Waals surface area (Å²) >= 11 is 1.52. The molecule has 35 heavy (non-hydrogen) atoms. The van der Waals surface area contributed by atoms with Crippen LogP contribution < -0.4 is 15.0 Å². The van der Waals surface area contributed by atoms with E-state index in [2.05, 4.69) is 24.4 Å². The smallest absolute Gasteiger partial charge is 0.319 e. The molecule has 7 heteroatoms. The molecule has 0 unspecified atom stereocenters. The lowest BCUT2D eigenvalue weighted by Gasteiger charge is -2.33. The van der Waals surface area contributed by atoms with Gasteiger partial charge in [-0.15, -0.1) is 11.8 Å². The van der Waals surface area contributed by atoms with Gasteiger partial charge in [0.15, 0.2) is 4.87 Å².